The molecule has 3 heterocycles. The van der Waals surface area contributed by atoms with Crippen LogP contribution in [0.3, 0.4) is 0 Å². The number of benzene rings is 1. The number of hydrogen-bond donors (Lipinski definition) is 0. The average molecular weight is 405 g/mol. The third-order valence-corrected chi connectivity index (χ3v) is 5.07. The van der Waals surface area contributed by atoms with Crippen LogP contribution in [0.1, 0.15) is 54.0 Å². The van der Waals surface area contributed by atoms with E-state index in [0.29, 0.717) is 33.4 Å². The van der Waals surface area contributed by atoms with E-state index in [1.54, 1.807) is 16.9 Å². The Morgan fingerprint density at radius 2 is 2.00 bits per heavy atom. The summed E-state index contributed by atoms with van der Waals surface area (Å²) < 4.78 is 12.7. The predicted octanol–water partition coefficient (Wildman–Crippen LogP) is 4.35. The highest BCUT2D eigenvalue weighted by Crippen LogP contribution is 2.23. The quantitative estimate of drug-likeness (QED) is 0.362. The van der Waals surface area contributed by atoms with Gasteiger partial charge in [0.25, 0.3) is 0 Å². The predicted molar refractivity (Wildman–Crippen MR) is 114 cm³/mol. The molecule has 7 nitrogen and oxygen atoms in total. The van der Waals surface area contributed by atoms with Crippen molar-refractivity contribution >= 4 is 28.0 Å². The standard InChI is InChI=1S/C23H23N3O4/c1-5-15-6-7-17-16(10-21(27)30-20(17)9-15)12-29-23(28)18-8-14(4)25-22-19(18)11-24-26(22)13(2)3/h6-11,13H,5,12H2,1-4H3. The van der Waals surface area contributed by atoms with Crippen molar-refractivity contribution in [1.82, 2.24) is 14.8 Å². The maximum atomic E-state index is 12.9. The molecule has 0 radical (unpaired) electrons. The summed E-state index contributed by atoms with van der Waals surface area (Å²) in [4.78, 5) is 29.4. The molecule has 1 aromatic carbocycles. The normalized spacial score (nSPS) is 11.5. The second-order valence-corrected chi connectivity index (χ2v) is 7.58. The highest BCUT2D eigenvalue weighted by molar-refractivity contribution is 6.02. The van der Waals surface area contributed by atoms with Gasteiger partial charge < -0.3 is 9.15 Å². The fraction of sp³-hybridized carbons (Fsp3) is 0.304. The lowest BCUT2D eigenvalue weighted by atomic mass is 10.1. The van der Waals surface area contributed by atoms with Crippen LogP contribution in [0.5, 0.6) is 0 Å². The number of ether oxygens (including phenoxy) is 1. The van der Waals surface area contributed by atoms with Crippen molar-refractivity contribution < 1.29 is 13.9 Å². The average Bonchev–Trinajstić information content (AvgIpc) is 3.14. The minimum absolute atomic E-state index is 0.0341. The van der Waals surface area contributed by atoms with Gasteiger partial charge in [0.1, 0.15) is 12.2 Å². The molecule has 0 aliphatic rings. The molecule has 3 aromatic heterocycles. The van der Waals surface area contributed by atoms with E-state index in [1.165, 1.54) is 6.07 Å². The van der Waals surface area contributed by atoms with Crippen LogP contribution in [0.25, 0.3) is 22.0 Å². The zero-order valence-electron chi connectivity index (χ0n) is 17.4. The second-order valence-electron chi connectivity index (χ2n) is 7.58. The second kappa shape index (κ2) is 7.74. The third kappa shape index (κ3) is 3.58. The minimum Gasteiger partial charge on any atom is -0.457 e. The van der Waals surface area contributed by atoms with Crippen LogP contribution < -0.4 is 5.63 Å². The van der Waals surface area contributed by atoms with Gasteiger partial charge in [0.2, 0.25) is 0 Å². The Hall–Kier alpha value is -3.48. The molecule has 0 aliphatic heterocycles. The Balaban J connectivity index is 1.67. The van der Waals surface area contributed by atoms with Crippen molar-refractivity contribution in [2.75, 3.05) is 0 Å². The van der Waals surface area contributed by atoms with Crippen LogP contribution in [-0.4, -0.2) is 20.7 Å². The van der Waals surface area contributed by atoms with Crippen molar-refractivity contribution in [2.24, 2.45) is 0 Å². The lowest BCUT2D eigenvalue weighted by molar-refractivity contribution is 0.0476. The van der Waals surface area contributed by atoms with E-state index in [-0.39, 0.29) is 12.6 Å². The fourth-order valence-corrected chi connectivity index (χ4v) is 3.52. The molecule has 0 bridgehead atoms. The molecule has 0 unspecified atom stereocenters. The molecule has 7 heteroatoms. The maximum absolute atomic E-state index is 12.9. The number of fused-ring (bicyclic) bond motifs is 2. The summed E-state index contributed by atoms with van der Waals surface area (Å²) in [6.07, 6.45) is 2.47. The molecule has 0 fully saturated rings. The van der Waals surface area contributed by atoms with E-state index in [4.69, 9.17) is 9.15 Å². The monoisotopic (exact) mass is 405 g/mol. The van der Waals surface area contributed by atoms with E-state index in [2.05, 4.69) is 10.1 Å². The molecule has 0 amide bonds. The lowest BCUT2D eigenvalue weighted by Gasteiger charge is -2.10. The molecule has 0 atom stereocenters. The molecule has 0 aliphatic carbocycles. The number of hydrogen-bond acceptors (Lipinski definition) is 6. The van der Waals surface area contributed by atoms with E-state index in [1.807, 2.05) is 45.9 Å². The zero-order chi connectivity index (χ0) is 21.4. The third-order valence-electron chi connectivity index (χ3n) is 5.07. The number of carbonyl (C=O) groups is 1. The number of aryl methyl sites for hydroxylation is 2. The largest absolute Gasteiger partial charge is 0.457 e. The van der Waals surface area contributed by atoms with Gasteiger partial charge in [-0.2, -0.15) is 5.10 Å². The highest BCUT2D eigenvalue weighted by atomic mass is 16.5. The summed E-state index contributed by atoms with van der Waals surface area (Å²) in [5.74, 6) is -0.486. The van der Waals surface area contributed by atoms with Gasteiger partial charge in [-0.15, -0.1) is 0 Å². The fourth-order valence-electron chi connectivity index (χ4n) is 3.52. The Morgan fingerprint density at radius 3 is 2.73 bits per heavy atom. The molecule has 0 saturated carbocycles. The van der Waals surface area contributed by atoms with Gasteiger partial charge in [-0.3, -0.25) is 0 Å². The van der Waals surface area contributed by atoms with Crippen molar-refractivity contribution in [3.8, 4) is 0 Å². The molecule has 4 rings (SSSR count). The smallest absolute Gasteiger partial charge is 0.339 e. The SMILES string of the molecule is CCc1ccc2c(COC(=O)c3cc(C)nc4c3cnn4C(C)C)cc(=O)oc2c1. The topological polar surface area (TPSA) is 87.2 Å². The molecule has 30 heavy (non-hydrogen) atoms. The molecule has 154 valence electrons. The molecular formula is C23H23N3O4. The van der Waals surface area contributed by atoms with Crippen LogP contribution in [-0.2, 0) is 17.8 Å². The number of carbonyl (C=O) groups excluding carboxylic acids is 1. The van der Waals surface area contributed by atoms with Gasteiger partial charge in [-0.05, 0) is 44.9 Å². The zero-order valence-corrected chi connectivity index (χ0v) is 17.4. The Kier molecular flexibility index (Phi) is 5.11. The van der Waals surface area contributed by atoms with Crippen molar-refractivity contribution in [3.05, 3.63) is 69.3 Å². The van der Waals surface area contributed by atoms with Crippen LogP contribution in [0.2, 0.25) is 0 Å². The van der Waals surface area contributed by atoms with Crippen molar-refractivity contribution in [3.63, 3.8) is 0 Å². The van der Waals surface area contributed by atoms with Crippen molar-refractivity contribution in [1.29, 1.82) is 0 Å². The first-order chi connectivity index (χ1) is 14.4. The maximum Gasteiger partial charge on any atom is 0.339 e. The summed E-state index contributed by atoms with van der Waals surface area (Å²) in [6.45, 7) is 7.83. The highest BCUT2D eigenvalue weighted by Gasteiger charge is 2.18. The Bertz CT molecular complexity index is 1320. The van der Waals surface area contributed by atoms with Gasteiger partial charge in [0, 0.05) is 28.8 Å². The van der Waals surface area contributed by atoms with Gasteiger partial charge >= 0.3 is 11.6 Å². The number of aromatic nitrogens is 3. The van der Waals surface area contributed by atoms with Crippen LogP contribution >= 0.6 is 0 Å². The first-order valence-electron chi connectivity index (χ1n) is 9.95. The summed E-state index contributed by atoms with van der Waals surface area (Å²) in [5.41, 5.74) is 3.46. The van der Waals surface area contributed by atoms with E-state index in [9.17, 15) is 9.59 Å². The van der Waals surface area contributed by atoms with Crippen molar-refractivity contribution in [2.45, 2.75) is 46.8 Å². The minimum atomic E-state index is -0.486. The molecule has 4 aromatic rings. The van der Waals surface area contributed by atoms with Gasteiger partial charge in [0.15, 0.2) is 5.65 Å². The molecule has 0 N–H and O–H groups in total. The van der Waals surface area contributed by atoms with Crippen LogP contribution in [0.15, 0.2) is 45.7 Å². The van der Waals surface area contributed by atoms with E-state index >= 15 is 0 Å². The molecule has 0 saturated heterocycles. The molecule has 0 spiro atoms. The molecular weight excluding hydrogens is 382 g/mol. The van der Waals surface area contributed by atoms with E-state index in [0.717, 1.165) is 17.4 Å². The summed E-state index contributed by atoms with van der Waals surface area (Å²) >= 11 is 0. The van der Waals surface area contributed by atoms with E-state index < -0.39 is 11.6 Å². The number of esters is 1. The number of nitrogens with zero attached hydrogens (tertiary/aromatic N) is 3. The summed E-state index contributed by atoms with van der Waals surface area (Å²) in [7, 11) is 0. The van der Waals surface area contributed by atoms with Crippen LogP contribution in [0.4, 0.5) is 0 Å². The first-order valence-corrected chi connectivity index (χ1v) is 9.95. The number of rotatable bonds is 5. The summed E-state index contributed by atoms with van der Waals surface area (Å²) in [6, 6.07) is 8.89. The number of pyridine rings is 1. The lowest BCUT2D eigenvalue weighted by Crippen LogP contribution is -2.10. The Morgan fingerprint density at radius 1 is 1.20 bits per heavy atom. The van der Waals surface area contributed by atoms with Gasteiger partial charge in [0.05, 0.1) is 17.1 Å². The van der Waals surface area contributed by atoms with Crippen LogP contribution in [0, 0.1) is 6.92 Å². The first kappa shape index (κ1) is 19.8. The Labute approximate surface area is 173 Å². The van der Waals surface area contributed by atoms with Gasteiger partial charge in [-0.1, -0.05) is 19.1 Å². The summed E-state index contributed by atoms with van der Waals surface area (Å²) in [5, 5.41) is 5.75. The van der Waals surface area contributed by atoms with Gasteiger partial charge in [-0.25, -0.2) is 19.3 Å².